The van der Waals surface area contributed by atoms with Crippen LogP contribution in [0.4, 0.5) is 4.39 Å². The third kappa shape index (κ3) is 5.42. The van der Waals surface area contributed by atoms with E-state index >= 15 is 0 Å². The number of amides is 3. The molecule has 2 fully saturated rings. The van der Waals surface area contributed by atoms with Crippen LogP contribution in [0.15, 0.2) is 48.5 Å². The summed E-state index contributed by atoms with van der Waals surface area (Å²) in [5.41, 5.74) is 0.717. The van der Waals surface area contributed by atoms with E-state index in [9.17, 15) is 18.8 Å². The maximum absolute atomic E-state index is 13.8. The minimum absolute atomic E-state index is 0.0865. The Kier molecular flexibility index (Phi) is 7.70. The third-order valence-corrected chi connectivity index (χ3v) is 6.81. The van der Waals surface area contributed by atoms with Crippen molar-refractivity contribution in [2.75, 3.05) is 46.9 Å². The van der Waals surface area contributed by atoms with Gasteiger partial charge in [0.15, 0.2) is 0 Å². The van der Waals surface area contributed by atoms with Gasteiger partial charge in [0.05, 0.1) is 6.61 Å². The van der Waals surface area contributed by atoms with Crippen LogP contribution in [0.25, 0.3) is 0 Å². The molecule has 0 aromatic heterocycles. The second kappa shape index (κ2) is 10.8. The van der Waals surface area contributed by atoms with Gasteiger partial charge in [0.1, 0.15) is 17.6 Å². The number of ether oxygens (including phenoxy) is 1. The highest BCUT2D eigenvalue weighted by Gasteiger charge is 2.54. The maximum atomic E-state index is 13.8. The molecule has 192 valence electrons. The molecule has 2 saturated heterocycles. The summed E-state index contributed by atoms with van der Waals surface area (Å²) < 4.78 is 19.9. The molecule has 0 bridgehead atoms. The van der Waals surface area contributed by atoms with Crippen molar-refractivity contribution in [3.63, 3.8) is 0 Å². The largest absolute Gasteiger partial charge is 0.353 e. The van der Waals surface area contributed by atoms with Crippen LogP contribution in [0, 0.1) is 12.7 Å². The first-order chi connectivity index (χ1) is 17.2. The smallest absolute Gasteiger partial charge is 0.256 e. The number of likely N-dealkylation sites (N-methyl/N-ethyl adjacent to an activating group) is 1. The molecule has 8 nitrogen and oxygen atoms in total. The Morgan fingerprint density at radius 1 is 1.06 bits per heavy atom. The molecule has 2 aliphatic rings. The predicted octanol–water partition coefficient (Wildman–Crippen LogP) is 2.29. The Bertz CT molecular complexity index is 1130. The molecule has 2 heterocycles. The number of nitrogens with one attached hydrogen (secondary N) is 1. The van der Waals surface area contributed by atoms with E-state index < -0.39 is 17.6 Å². The molecule has 2 aliphatic heterocycles. The van der Waals surface area contributed by atoms with Gasteiger partial charge in [-0.2, -0.15) is 0 Å². The second-order valence-corrected chi connectivity index (χ2v) is 9.71. The van der Waals surface area contributed by atoms with Crippen molar-refractivity contribution >= 4 is 17.7 Å². The molecule has 0 radical (unpaired) electrons. The van der Waals surface area contributed by atoms with Crippen molar-refractivity contribution in [2.24, 2.45) is 0 Å². The number of benzene rings is 2. The first-order valence-corrected chi connectivity index (χ1v) is 12.2. The van der Waals surface area contributed by atoms with E-state index in [-0.39, 0.29) is 29.9 Å². The lowest BCUT2D eigenvalue weighted by Crippen LogP contribution is -2.60. The van der Waals surface area contributed by atoms with Crippen molar-refractivity contribution in [2.45, 2.75) is 31.5 Å². The number of rotatable bonds is 6. The molecule has 4 rings (SSSR count). The van der Waals surface area contributed by atoms with Crippen LogP contribution < -0.4 is 5.32 Å². The fourth-order valence-electron chi connectivity index (χ4n) is 4.87. The number of aryl methyl sites for hydroxylation is 1. The fraction of sp³-hybridized carbons (Fsp3) is 0.444. The van der Waals surface area contributed by atoms with Gasteiger partial charge >= 0.3 is 0 Å². The second-order valence-electron chi connectivity index (χ2n) is 9.71. The molecule has 9 heteroatoms. The standard InChI is InChI=1S/C27H33FN4O4/c1-19-6-4-7-20(16-19)26(35)32-23(24(33)29-12-15-30(2)3)18-36-27(32)10-13-31(14-11-27)25(34)21-8-5-9-22(28)17-21/h4-9,16-17,23H,10-15,18H2,1-3H3,(H,29,33)/t23-/m1/s1. The lowest BCUT2D eigenvalue weighted by molar-refractivity contribution is -0.128. The molecular formula is C27H33FN4O4. The van der Waals surface area contributed by atoms with Gasteiger partial charge < -0.3 is 19.9 Å². The average Bonchev–Trinajstić information content (AvgIpc) is 3.22. The maximum Gasteiger partial charge on any atom is 0.256 e. The van der Waals surface area contributed by atoms with Crippen LogP contribution in [0.2, 0.25) is 0 Å². The molecule has 1 spiro atoms. The van der Waals surface area contributed by atoms with Gasteiger partial charge in [0, 0.05) is 50.1 Å². The van der Waals surface area contributed by atoms with E-state index in [4.69, 9.17) is 4.74 Å². The lowest BCUT2D eigenvalue weighted by atomic mass is 9.95. The molecule has 0 unspecified atom stereocenters. The topological polar surface area (TPSA) is 82.2 Å². The normalized spacial score (nSPS) is 19.1. The van der Waals surface area contributed by atoms with E-state index in [0.717, 1.165) is 5.56 Å². The average molecular weight is 497 g/mol. The Balaban J connectivity index is 1.55. The molecule has 2 aromatic carbocycles. The van der Waals surface area contributed by atoms with E-state index in [2.05, 4.69) is 5.32 Å². The van der Waals surface area contributed by atoms with Gasteiger partial charge in [-0.1, -0.05) is 23.8 Å². The monoisotopic (exact) mass is 496 g/mol. The summed E-state index contributed by atoms with van der Waals surface area (Å²) in [5.74, 6) is -1.26. The Morgan fingerprint density at radius 2 is 1.72 bits per heavy atom. The number of carbonyl (C=O) groups excluding carboxylic acids is 3. The van der Waals surface area contributed by atoms with E-state index in [1.54, 1.807) is 28.0 Å². The van der Waals surface area contributed by atoms with Crippen LogP contribution in [-0.4, -0.2) is 91.1 Å². The van der Waals surface area contributed by atoms with Crippen molar-refractivity contribution in [1.82, 2.24) is 20.0 Å². The van der Waals surface area contributed by atoms with E-state index in [1.165, 1.54) is 18.2 Å². The zero-order valence-corrected chi connectivity index (χ0v) is 21.0. The van der Waals surface area contributed by atoms with Crippen molar-refractivity contribution in [1.29, 1.82) is 0 Å². The van der Waals surface area contributed by atoms with Gasteiger partial charge in [-0.15, -0.1) is 0 Å². The molecule has 1 N–H and O–H groups in total. The summed E-state index contributed by atoms with van der Waals surface area (Å²) in [4.78, 5) is 45.1. The Morgan fingerprint density at radius 3 is 2.36 bits per heavy atom. The molecule has 36 heavy (non-hydrogen) atoms. The van der Waals surface area contributed by atoms with Crippen LogP contribution in [0.3, 0.4) is 0 Å². The molecule has 0 aliphatic carbocycles. The zero-order valence-electron chi connectivity index (χ0n) is 21.0. The Labute approximate surface area is 211 Å². The first kappa shape index (κ1) is 25.8. The number of nitrogens with zero attached hydrogens (tertiary/aromatic N) is 3. The van der Waals surface area contributed by atoms with Crippen LogP contribution in [0.1, 0.15) is 39.1 Å². The quantitative estimate of drug-likeness (QED) is 0.664. The number of carbonyl (C=O) groups is 3. The zero-order chi connectivity index (χ0) is 25.9. The van der Waals surface area contributed by atoms with Gasteiger partial charge in [-0.3, -0.25) is 19.3 Å². The summed E-state index contributed by atoms with van der Waals surface area (Å²) in [5, 5.41) is 2.92. The number of hydrogen-bond donors (Lipinski definition) is 1. The fourth-order valence-corrected chi connectivity index (χ4v) is 4.87. The minimum atomic E-state index is -0.997. The van der Waals surface area contributed by atoms with Crippen LogP contribution >= 0.6 is 0 Å². The molecule has 2 aromatic rings. The summed E-state index contributed by atoms with van der Waals surface area (Å²) in [6, 6.07) is 12.1. The number of halogens is 1. The highest BCUT2D eigenvalue weighted by atomic mass is 19.1. The minimum Gasteiger partial charge on any atom is -0.353 e. The number of piperidine rings is 1. The van der Waals surface area contributed by atoms with Crippen LogP contribution in [-0.2, 0) is 9.53 Å². The molecule has 3 amide bonds. The summed E-state index contributed by atoms with van der Waals surface area (Å²) in [7, 11) is 3.85. The summed E-state index contributed by atoms with van der Waals surface area (Å²) in [6.07, 6.45) is 0.709. The van der Waals surface area contributed by atoms with Gasteiger partial charge in [-0.05, 0) is 51.4 Å². The SMILES string of the molecule is Cc1cccc(C(=O)N2[C@@H](C(=O)NCCN(C)C)COC23CCN(C(=O)c2cccc(F)c2)CC3)c1. The van der Waals surface area contributed by atoms with Crippen molar-refractivity contribution in [3.8, 4) is 0 Å². The Hall–Kier alpha value is -3.30. The van der Waals surface area contributed by atoms with Crippen molar-refractivity contribution in [3.05, 3.63) is 71.0 Å². The lowest BCUT2D eigenvalue weighted by Gasteiger charge is -2.44. The molecular weight excluding hydrogens is 463 g/mol. The summed E-state index contributed by atoms with van der Waals surface area (Å²) in [6.45, 7) is 3.77. The highest BCUT2D eigenvalue weighted by molar-refractivity contribution is 5.99. The predicted molar refractivity (Wildman–Crippen MR) is 133 cm³/mol. The van der Waals surface area contributed by atoms with Crippen molar-refractivity contribution < 1.29 is 23.5 Å². The third-order valence-electron chi connectivity index (χ3n) is 6.81. The summed E-state index contributed by atoms with van der Waals surface area (Å²) >= 11 is 0. The highest BCUT2D eigenvalue weighted by Crippen LogP contribution is 2.39. The van der Waals surface area contributed by atoms with Gasteiger partial charge in [0.25, 0.3) is 11.8 Å². The number of likely N-dealkylation sites (tertiary alicyclic amines) is 1. The molecule has 0 saturated carbocycles. The first-order valence-electron chi connectivity index (χ1n) is 12.2. The van der Waals surface area contributed by atoms with Gasteiger partial charge in [-0.25, -0.2) is 4.39 Å². The van der Waals surface area contributed by atoms with E-state index in [1.807, 2.05) is 38.1 Å². The van der Waals surface area contributed by atoms with E-state index in [0.29, 0.717) is 44.6 Å². The van der Waals surface area contributed by atoms with Crippen LogP contribution in [0.5, 0.6) is 0 Å². The molecule has 1 atom stereocenters. The number of hydrogen-bond acceptors (Lipinski definition) is 5. The van der Waals surface area contributed by atoms with Gasteiger partial charge in [0.2, 0.25) is 5.91 Å².